The largest absolute Gasteiger partial charge is 0.481 e. The summed E-state index contributed by atoms with van der Waals surface area (Å²) in [5, 5.41) is 11.6. The van der Waals surface area contributed by atoms with Gasteiger partial charge in [0.1, 0.15) is 0 Å². The fourth-order valence-corrected chi connectivity index (χ4v) is 2.31. The first-order chi connectivity index (χ1) is 13.8. The van der Waals surface area contributed by atoms with E-state index in [0.29, 0.717) is 0 Å². The molecule has 0 radical (unpaired) electrons. The van der Waals surface area contributed by atoms with Gasteiger partial charge in [-0.05, 0) is 18.1 Å². The average Bonchev–Trinajstić information content (AvgIpc) is 2.63. The number of carbonyl (C=O) groups excluding carboxylic acids is 2. The van der Waals surface area contributed by atoms with Crippen LogP contribution in [0, 0.1) is 17.8 Å². The molecule has 0 saturated heterocycles. The molecular formula is C20H26F3NO6. The van der Waals surface area contributed by atoms with Crippen molar-refractivity contribution < 1.29 is 42.1 Å². The molecule has 0 spiro atoms. The standard InChI is InChI=1S/C20H26F3NO6/c1-11(2)17(27)29-18(12(3)4)30-19(28)24-10-14(16(25)26)8-13-6-5-7-15(9-13)20(21,22)23/h5-7,9,11-12,14,18H,8,10H2,1-4H3,(H,24,28)(H,25,26)/t14-,18-/m0/s1. The first-order valence-corrected chi connectivity index (χ1v) is 9.35. The van der Waals surface area contributed by atoms with Gasteiger partial charge in [-0.15, -0.1) is 0 Å². The highest BCUT2D eigenvalue weighted by Crippen LogP contribution is 2.30. The Kier molecular flexibility index (Phi) is 9.13. The van der Waals surface area contributed by atoms with E-state index in [1.165, 1.54) is 12.1 Å². The number of halogens is 3. The van der Waals surface area contributed by atoms with Crippen molar-refractivity contribution in [3.63, 3.8) is 0 Å². The number of esters is 1. The van der Waals surface area contributed by atoms with Gasteiger partial charge in [-0.3, -0.25) is 9.59 Å². The highest BCUT2D eigenvalue weighted by molar-refractivity contribution is 5.73. The summed E-state index contributed by atoms with van der Waals surface area (Å²) in [6.45, 7) is 6.18. The number of amides is 1. The molecule has 0 unspecified atom stereocenters. The first kappa shape index (κ1) is 25.3. The zero-order valence-corrected chi connectivity index (χ0v) is 17.2. The third-order valence-corrected chi connectivity index (χ3v) is 4.05. The van der Waals surface area contributed by atoms with Gasteiger partial charge < -0.3 is 19.9 Å². The van der Waals surface area contributed by atoms with Gasteiger partial charge in [-0.2, -0.15) is 13.2 Å². The van der Waals surface area contributed by atoms with Gasteiger partial charge in [-0.25, -0.2) is 4.79 Å². The van der Waals surface area contributed by atoms with Crippen LogP contribution in [-0.2, 0) is 31.7 Å². The lowest BCUT2D eigenvalue weighted by Gasteiger charge is -2.23. The van der Waals surface area contributed by atoms with Gasteiger partial charge in [-0.1, -0.05) is 45.9 Å². The fourth-order valence-electron chi connectivity index (χ4n) is 2.31. The Morgan fingerprint density at radius 1 is 1.10 bits per heavy atom. The molecule has 1 aromatic rings. The van der Waals surface area contributed by atoms with Crippen molar-refractivity contribution in [2.24, 2.45) is 17.8 Å². The minimum absolute atomic E-state index is 0.165. The molecule has 1 aromatic carbocycles. The van der Waals surface area contributed by atoms with Crippen molar-refractivity contribution in [2.45, 2.75) is 46.6 Å². The molecule has 168 valence electrons. The van der Waals surface area contributed by atoms with Crippen LogP contribution in [0.5, 0.6) is 0 Å². The molecule has 2 N–H and O–H groups in total. The van der Waals surface area contributed by atoms with Crippen LogP contribution in [0.1, 0.15) is 38.8 Å². The van der Waals surface area contributed by atoms with E-state index in [9.17, 15) is 32.7 Å². The summed E-state index contributed by atoms with van der Waals surface area (Å²) >= 11 is 0. The summed E-state index contributed by atoms with van der Waals surface area (Å²) in [5.74, 6) is -3.81. The number of hydrogen-bond donors (Lipinski definition) is 2. The van der Waals surface area contributed by atoms with Crippen molar-refractivity contribution >= 4 is 18.0 Å². The quantitative estimate of drug-likeness (QED) is 0.453. The summed E-state index contributed by atoms with van der Waals surface area (Å²) in [7, 11) is 0. The molecule has 0 aliphatic rings. The number of alkyl halides is 3. The highest BCUT2D eigenvalue weighted by atomic mass is 19.4. The molecule has 2 atom stereocenters. The van der Waals surface area contributed by atoms with E-state index in [2.05, 4.69) is 5.32 Å². The van der Waals surface area contributed by atoms with Gasteiger partial charge in [0.05, 0.1) is 17.4 Å². The minimum atomic E-state index is -4.55. The Morgan fingerprint density at radius 2 is 1.73 bits per heavy atom. The average molecular weight is 433 g/mol. The van der Waals surface area contributed by atoms with E-state index < -0.39 is 47.9 Å². The topological polar surface area (TPSA) is 102 Å². The normalized spacial score (nSPS) is 13.6. The number of alkyl carbamates (subject to hydrolysis) is 1. The Bertz CT molecular complexity index is 748. The van der Waals surface area contributed by atoms with Crippen LogP contribution in [0.25, 0.3) is 0 Å². The molecule has 7 nitrogen and oxygen atoms in total. The summed E-state index contributed by atoms with van der Waals surface area (Å²) in [4.78, 5) is 35.2. The maximum Gasteiger partial charge on any atom is 0.416 e. The maximum atomic E-state index is 12.8. The Morgan fingerprint density at radius 3 is 2.23 bits per heavy atom. The van der Waals surface area contributed by atoms with E-state index in [-0.39, 0.29) is 24.4 Å². The van der Waals surface area contributed by atoms with Crippen LogP contribution in [0.3, 0.4) is 0 Å². The lowest BCUT2D eigenvalue weighted by atomic mass is 9.98. The Balaban J connectivity index is 2.73. The number of ether oxygens (including phenoxy) is 2. The number of carboxylic acids is 1. The van der Waals surface area contributed by atoms with E-state index >= 15 is 0 Å². The smallest absolute Gasteiger partial charge is 0.416 e. The number of benzene rings is 1. The Labute approximate surface area is 172 Å². The third kappa shape index (κ3) is 8.30. The molecule has 0 fully saturated rings. The number of carboxylic acid groups (broad SMARTS) is 1. The van der Waals surface area contributed by atoms with Crippen molar-refractivity contribution in [1.82, 2.24) is 5.32 Å². The van der Waals surface area contributed by atoms with Gasteiger partial charge >= 0.3 is 24.2 Å². The zero-order chi connectivity index (χ0) is 23.1. The van der Waals surface area contributed by atoms with Crippen LogP contribution in [-0.4, -0.2) is 36.0 Å². The third-order valence-electron chi connectivity index (χ3n) is 4.05. The summed E-state index contributed by atoms with van der Waals surface area (Å²) in [6.07, 6.45) is -6.93. The monoisotopic (exact) mass is 433 g/mol. The van der Waals surface area contributed by atoms with Gasteiger partial charge in [0.15, 0.2) is 0 Å². The summed E-state index contributed by atoms with van der Waals surface area (Å²) in [5.41, 5.74) is -0.721. The predicted molar refractivity (Wildman–Crippen MR) is 100 cm³/mol. The molecule has 0 heterocycles. The number of hydrogen-bond acceptors (Lipinski definition) is 5. The van der Waals surface area contributed by atoms with Gasteiger partial charge in [0.2, 0.25) is 0 Å². The molecule has 0 aliphatic heterocycles. The molecule has 0 aliphatic carbocycles. The van der Waals surface area contributed by atoms with Gasteiger partial charge in [0.25, 0.3) is 6.29 Å². The van der Waals surface area contributed by atoms with Gasteiger partial charge in [0, 0.05) is 12.5 Å². The van der Waals surface area contributed by atoms with Crippen LogP contribution < -0.4 is 5.32 Å². The lowest BCUT2D eigenvalue weighted by molar-refractivity contribution is -0.178. The summed E-state index contributed by atoms with van der Waals surface area (Å²) in [6, 6.07) is 4.33. The molecule has 0 bridgehead atoms. The van der Waals surface area contributed by atoms with E-state index in [1.54, 1.807) is 27.7 Å². The minimum Gasteiger partial charge on any atom is -0.481 e. The van der Waals surface area contributed by atoms with Crippen molar-refractivity contribution in [3.8, 4) is 0 Å². The summed E-state index contributed by atoms with van der Waals surface area (Å²) < 4.78 is 48.6. The zero-order valence-electron chi connectivity index (χ0n) is 17.2. The first-order valence-electron chi connectivity index (χ1n) is 9.35. The van der Waals surface area contributed by atoms with Crippen molar-refractivity contribution in [2.75, 3.05) is 6.54 Å². The van der Waals surface area contributed by atoms with E-state index in [4.69, 9.17) is 9.47 Å². The van der Waals surface area contributed by atoms with Crippen LogP contribution in [0.4, 0.5) is 18.0 Å². The molecule has 1 rings (SSSR count). The second kappa shape index (κ2) is 10.8. The molecular weight excluding hydrogens is 407 g/mol. The van der Waals surface area contributed by atoms with Crippen LogP contribution >= 0.6 is 0 Å². The predicted octanol–water partition coefficient (Wildman–Crippen LogP) is 3.86. The van der Waals surface area contributed by atoms with Crippen molar-refractivity contribution in [3.05, 3.63) is 35.4 Å². The highest BCUT2D eigenvalue weighted by Gasteiger charge is 2.31. The molecule has 30 heavy (non-hydrogen) atoms. The Hall–Kier alpha value is -2.78. The van der Waals surface area contributed by atoms with Crippen LogP contribution in [0.2, 0.25) is 0 Å². The fraction of sp³-hybridized carbons (Fsp3) is 0.550. The second-order valence-corrected chi connectivity index (χ2v) is 7.43. The second-order valence-electron chi connectivity index (χ2n) is 7.43. The van der Waals surface area contributed by atoms with Crippen LogP contribution in [0.15, 0.2) is 24.3 Å². The maximum absolute atomic E-state index is 12.8. The molecule has 0 aromatic heterocycles. The SMILES string of the molecule is CC(C)C(=O)O[C@@H](OC(=O)NC[C@H](Cc1cccc(C(F)(F)F)c1)C(=O)O)C(C)C. The number of aliphatic carboxylic acids is 1. The van der Waals surface area contributed by atoms with Crippen molar-refractivity contribution in [1.29, 1.82) is 0 Å². The lowest BCUT2D eigenvalue weighted by Crippen LogP contribution is -2.39. The van der Waals surface area contributed by atoms with E-state index in [0.717, 1.165) is 12.1 Å². The number of nitrogens with one attached hydrogen (secondary N) is 1. The number of rotatable bonds is 9. The molecule has 0 saturated carbocycles. The van der Waals surface area contributed by atoms with E-state index in [1.807, 2.05) is 0 Å². The molecule has 10 heteroatoms. The number of carbonyl (C=O) groups is 3. The molecule has 1 amide bonds.